The van der Waals surface area contributed by atoms with Gasteiger partial charge < -0.3 is 14.1 Å². The standard InChI is InChI=1S/C11H9ClFN3O2/c12-10-9-7(13)3-16(11(9)15-5-14-10)8-2-1-6(4-17)18-8/h3-6,8H,1-2H2/t6-,8+/m0/s1. The summed E-state index contributed by atoms with van der Waals surface area (Å²) in [5.74, 6) is -0.492. The van der Waals surface area contributed by atoms with Gasteiger partial charge in [0, 0.05) is 6.20 Å². The van der Waals surface area contributed by atoms with Gasteiger partial charge in [0.15, 0.2) is 5.82 Å². The van der Waals surface area contributed by atoms with Crippen LogP contribution in [-0.2, 0) is 9.53 Å². The predicted molar refractivity (Wildman–Crippen MR) is 61.7 cm³/mol. The third-order valence-corrected chi connectivity index (χ3v) is 3.30. The number of ether oxygens (including phenoxy) is 1. The third kappa shape index (κ3) is 1.69. The van der Waals surface area contributed by atoms with Crippen molar-refractivity contribution >= 4 is 28.9 Å². The van der Waals surface area contributed by atoms with E-state index in [0.29, 0.717) is 18.5 Å². The van der Waals surface area contributed by atoms with Crippen LogP contribution in [0.5, 0.6) is 0 Å². The fourth-order valence-electron chi connectivity index (χ4n) is 2.17. The zero-order chi connectivity index (χ0) is 12.7. The molecule has 1 saturated heterocycles. The van der Waals surface area contributed by atoms with E-state index in [1.54, 1.807) is 4.57 Å². The van der Waals surface area contributed by atoms with E-state index in [-0.39, 0.29) is 10.5 Å². The van der Waals surface area contributed by atoms with Crippen molar-refractivity contribution in [3.05, 3.63) is 23.5 Å². The van der Waals surface area contributed by atoms with Crippen LogP contribution in [0.4, 0.5) is 4.39 Å². The van der Waals surface area contributed by atoms with Crippen molar-refractivity contribution in [3.8, 4) is 0 Å². The molecule has 18 heavy (non-hydrogen) atoms. The Morgan fingerprint density at radius 3 is 3.06 bits per heavy atom. The van der Waals surface area contributed by atoms with Crippen LogP contribution in [0.2, 0.25) is 5.15 Å². The maximum atomic E-state index is 13.8. The van der Waals surface area contributed by atoms with Crippen LogP contribution in [0.15, 0.2) is 12.5 Å². The van der Waals surface area contributed by atoms with Crippen molar-refractivity contribution in [1.82, 2.24) is 14.5 Å². The van der Waals surface area contributed by atoms with Gasteiger partial charge in [-0.1, -0.05) is 11.6 Å². The Bertz CT molecular complexity index is 616. The van der Waals surface area contributed by atoms with Gasteiger partial charge in [-0.3, -0.25) is 0 Å². The lowest BCUT2D eigenvalue weighted by molar-refractivity contribution is -0.119. The molecule has 1 aliphatic heterocycles. The highest BCUT2D eigenvalue weighted by molar-refractivity contribution is 6.33. The molecule has 0 spiro atoms. The Kier molecular flexibility index (Phi) is 2.76. The van der Waals surface area contributed by atoms with Crippen LogP contribution >= 0.6 is 11.6 Å². The van der Waals surface area contributed by atoms with E-state index in [1.165, 1.54) is 12.5 Å². The van der Waals surface area contributed by atoms with Crippen LogP contribution < -0.4 is 0 Å². The summed E-state index contributed by atoms with van der Waals surface area (Å²) in [6, 6.07) is 0. The molecule has 2 aromatic heterocycles. The molecule has 0 aromatic carbocycles. The van der Waals surface area contributed by atoms with E-state index in [0.717, 1.165) is 6.29 Å². The van der Waals surface area contributed by atoms with Crippen LogP contribution in [0.3, 0.4) is 0 Å². The Labute approximate surface area is 107 Å². The summed E-state index contributed by atoms with van der Waals surface area (Å²) >= 11 is 5.84. The minimum absolute atomic E-state index is 0.0705. The van der Waals surface area contributed by atoms with Gasteiger partial charge in [-0.25, -0.2) is 14.4 Å². The number of nitrogens with zero attached hydrogens (tertiary/aromatic N) is 3. The molecule has 0 unspecified atom stereocenters. The molecule has 0 N–H and O–H groups in total. The summed E-state index contributed by atoms with van der Waals surface area (Å²) in [6.45, 7) is 0. The Hall–Kier alpha value is -1.53. The summed E-state index contributed by atoms with van der Waals surface area (Å²) in [4.78, 5) is 18.4. The SMILES string of the molecule is O=C[C@@H]1CC[C@H](n2cc(F)c3c(Cl)ncnc32)O1. The molecule has 3 rings (SSSR count). The maximum Gasteiger partial charge on any atom is 0.153 e. The molecule has 0 amide bonds. The van der Waals surface area contributed by atoms with Crippen molar-refractivity contribution in [3.63, 3.8) is 0 Å². The molecule has 7 heteroatoms. The molecule has 5 nitrogen and oxygen atoms in total. The lowest BCUT2D eigenvalue weighted by atomic mass is 10.2. The van der Waals surface area contributed by atoms with Crippen molar-refractivity contribution in [2.45, 2.75) is 25.2 Å². The van der Waals surface area contributed by atoms with Gasteiger partial charge in [-0.2, -0.15) is 0 Å². The molecular weight excluding hydrogens is 261 g/mol. The first-order valence-corrected chi connectivity index (χ1v) is 5.86. The summed E-state index contributed by atoms with van der Waals surface area (Å²) in [5.41, 5.74) is 0.379. The molecule has 0 saturated carbocycles. The normalized spacial score (nSPS) is 23.7. The van der Waals surface area contributed by atoms with Crippen molar-refractivity contribution in [1.29, 1.82) is 0 Å². The lowest BCUT2D eigenvalue weighted by Gasteiger charge is -2.13. The molecule has 3 heterocycles. The summed E-state index contributed by atoms with van der Waals surface area (Å²) < 4.78 is 20.8. The third-order valence-electron chi connectivity index (χ3n) is 3.01. The molecule has 0 aliphatic carbocycles. The highest BCUT2D eigenvalue weighted by Crippen LogP contribution is 2.33. The first kappa shape index (κ1) is 11.6. The predicted octanol–water partition coefficient (Wildman–Crippen LogP) is 2.10. The zero-order valence-corrected chi connectivity index (χ0v) is 9.97. The van der Waals surface area contributed by atoms with Crippen LogP contribution in [0.1, 0.15) is 19.1 Å². The second-order valence-electron chi connectivity index (χ2n) is 4.09. The number of aldehydes is 1. The molecule has 1 aliphatic rings. The smallest absolute Gasteiger partial charge is 0.153 e. The highest BCUT2D eigenvalue weighted by Gasteiger charge is 2.28. The number of carbonyl (C=O) groups excluding carboxylic acids is 1. The number of hydrogen-bond acceptors (Lipinski definition) is 4. The monoisotopic (exact) mass is 269 g/mol. The van der Waals surface area contributed by atoms with Gasteiger partial charge in [0.25, 0.3) is 0 Å². The summed E-state index contributed by atoms with van der Waals surface area (Å²) in [5, 5.41) is 0.249. The Balaban J connectivity index is 2.08. The lowest BCUT2D eigenvalue weighted by Crippen LogP contribution is -2.11. The van der Waals surface area contributed by atoms with Gasteiger partial charge in [0.2, 0.25) is 0 Å². The quantitative estimate of drug-likeness (QED) is 0.619. The molecule has 2 aromatic rings. The zero-order valence-electron chi connectivity index (χ0n) is 9.22. The van der Waals surface area contributed by atoms with E-state index in [4.69, 9.17) is 16.3 Å². The molecule has 94 valence electrons. The van der Waals surface area contributed by atoms with Gasteiger partial charge in [-0.05, 0) is 12.8 Å². The van der Waals surface area contributed by atoms with Crippen molar-refractivity contribution in [2.75, 3.05) is 0 Å². The topological polar surface area (TPSA) is 57.0 Å². The van der Waals surface area contributed by atoms with E-state index in [2.05, 4.69) is 9.97 Å². The number of fused-ring (bicyclic) bond motifs is 1. The number of hydrogen-bond donors (Lipinski definition) is 0. The highest BCUT2D eigenvalue weighted by atomic mass is 35.5. The van der Waals surface area contributed by atoms with Gasteiger partial charge in [0.05, 0.1) is 5.39 Å². The van der Waals surface area contributed by atoms with E-state index in [1.807, 2.05) is 0 Å². The first-order chi connectivity index (χ1) is 8.70. The molecule has 0 bridgehead atoms. The van der Waals surface area contributed by atoms with Gasteiger partial charge in [-0.15, -0.1) is 0 Å². The fraction of sp³-hybridized carbons (Fsp3) is 0.364. The van der Waals surface area contributed by atoms with Crippen LogP contribution in [0.25, 0.3) is 11.0 Å². The minimum Gasteiger partial charge on any atom is -0.347 e. The Morgan fingerprint density at radius 1 is 1.50 bits per heavy atom. The van der Waals surface area contributed by atoms with Crippen molar-refractivity contribution in [2.24, 2.45) is 0 Å². The molecule has 2 atom stereocenters. The van der Waals surface area contributed by atoms with E-state index < -0.39 is 18.1 Å². The molecular formula is C11H9ClFN3O2. The van der Waals surface area contributed by atoms with E-state index >= 15 is 0 Å². The van der Waals surface area contributed by atoms with Crippen molar-refractivity contribution < 1.29 is 13.9 Å². The van der Waals surface area contributed by atoms with Gasteiger partial charge >= 0.3 is 0 Å². The summed E-state index contributed by atoms with van der Waals surface area (Å²) in [6.07, 6.45) is 3.73. The average Bonchev–Trinajstić information content (AvgIpc) is 2.94. The molecule has 0 radical (unpaired) electrons. The Morgan fingerprint density at radius 2 is 2.33 bits per heavy atom. The largest absolute Gasteiger partial charge is 0.347 e. The van der Waals surface area contributed by atoms with Crippen LogP contribution in [-0.4, -0.2) is 26.9 Å². The molecule has 1 fully saturated rings. The number of aromatic nitrogens is 3. The number of carbonyl (C=O) groups is 1. The second-order valence-corrected chi connectivity index (χ2v) is 4.45. The number of halogens is 2. The van der Waals surface area contributed by atoms with E-state index in [9.17, 15) is 9.18 Å². The van der Waals surface area contributed by atoms with Gasteiger partial charge in [0.1, 0.15) is 35.7 Å². The fourth-order valence-corrected chi connectivity index (χ4v) is 2.39. The minimum atomic E-state index is -0.492. The maximum absolute atomic E-state index is 13.8. The van der Waals surface area contributed by atoms with Crippen LogP contribution in [0, 0.1) is 5.82 Å². The summed E-state index contributed by atoms with van der Waals surface area (Å²) in [7, 11) is 0. The first-order valence-electron chi connectivity index (χ1n) is 5.48. The number of rotatable bonds is 2. The average molecular weight is 270 g/mol. The second kappa shape index (κ2) is 4.29.